The molecule has 0 bridgehead atoms. The van der Waals surface area contributed by atoms with Crippen LogP contribution < -0.4 is 5.32 Å². The smallest absolute Gasteiger partial charge is 0.326 e. The van der Waals surface area contributed by atoms with Crippen LogP contribution in [0.15, 0.2) is 0 Å². The summed E-state index contributed by atoms with van der Waals surface area (Å²) >= 11 is 0. The van der Waals surface area contributed by atoms with Gasteiger partial charge in [0.15, 0.2) is 0 Å². The Morgan fingerprint density at radius 3 is 2.65 bits per heavy atom. The maximum atomic E-state index is 12.2. The number of carbonyl (C=O) groups is 2. The van der Waals surface area contributed by atoms with Gasteiger partial charge in [0.25, 0.3) is 0 Å². The van der Waals surface area contributed by atoms with E-state index in [1.165, 1.54) is 4.90 Å². The van der Waals surface area contributed by atoms with Gasteiger partial charge in [0.2, 0.25) is 0 Å². The Labute approximate surface area is 121 Å². The fourth-order valence-electron chi connectivity index (χ4n) is 2.31. The third kappa shape index (κ3) is 5.00. The van der Waals surface area contributed by atoms with Crippen LogP contribution in [-0.2, 0) is 4.79 Å². The van der Waals surface area contributed by atoms with Crippen LogP contribution in [0, 0.1) is 0 Å². The number of likely N-dealkylation sites (tertiary alicyclic amines) is 1. The molecule has 1 fully saturated rings. The van der Waals surface area contributed by atoms with Gasteiger partial charge in [-0.2, -0.15) is 0 Å². The molecule has 0 spiro atoms. The second-order valence-corrected chi connectivity index (χ2v) is 5.70. The molecule has 1 unspecified atom stereocenters. The van der Waals surface area contributed by atoms with E-state index in [4.69, 9.17) is 0 Å². The average molecular weight is 285 g/mol. The number of urea groups is 1. The first kappa shape index (κ1) is 16.8. The predicted molar refractivity (Wildman–Crippen MR) is 77.8 cm³/mol. The minimum absolute atomic E-state index is 0.253. The molecule has 0 aromatic rings. The summed E-state index contributed by atoms with van der Waals surface area (Å²) in [6.45, 7) is 6.02. The molecule has 0 aromatic heterocycles. The summed E-state index contributed by atoms with van der Waals surface area (Å²) in [5.74, 6) is -0.902. The molecule has 0 radical (unpaired) electrons. The zero-order chi connectivity index (χ0) is 15.1. The van der Waals surface area contributed by atoms with Crippen LogP contribution in [0.3, 0.4) is 0 Å². The van der Waals surface area contributed by atoms with Crippen molar-refractivity contribution in [2.75, 3.05) is 26.7 Å². The summed E-state index contributed by atoms with van der Waals surface area (Å²) in [6, 6.07) is -0.506. The SMILES string of the molecule is CC(C)N(C)CCNC(=O)N1CCCCCC1C(=O)O. The van der Waals surface area contributed by atoms with E-state index >= 15 is 0 Å². The zero-order valence-corrected chi connectivity index (χ0v) is 12.8. The van der Waals surface area contributed by atoms with Crippen LogP contribution in [0.2, 0.25) is 0 Å². The second kappa shape index (κ2) is 8.09. The first-order valence-corrected chi connectivity index (χ1v) is 7.41. The molecule has 116 valence electrons. The largest absolute Gasteiger partial charge is 0.480 e. The quantitative estimate of drug-likeness (QED) is 0.800. The molecule has 2 amide bonds. The molecule has 0 saturated carbocycles. The number of likely N-dealkylation sites (N-methyl/N-ethyl adjacent to an activating group) is 1. The topological polar surface area (TPSA) is 72.9 Å². The molecule has 1 saturated heterocycles. The highest BCUT2D eigenvalue weighted by molar-refractivity contribution is 5.82. The van der Waals surface area contributed by atoms with E-state index < -0.39 is 12.0 Å². The number of carbonyl (C=O) groups excluding carboxylic acids is 1. The summed E-state index contributed by atoms with van der Waals surface area (Å²) < 4.78 is 0. The first-order valence-electron chi connectivity index (χ1n) is 7.41. The number of hydrogen-bond donors (Lipinski definition) is 2. The molecule has 1 aliphatic rings. The number of nitrogens with zero attached hydrogens (tertiary/aromatic N) is 2. The molecule has 1 aliphatic heterocycles. The molecular formula is C14H27N3O3. The molecule has 20 heavy (non-hydrogen) atoms. The van der Waals surface area contributed by atoms with Crippen molar-refractivity contribution in [3.05, 3.63) is 0 Å². The normalized spacial score (nSPS) is 20.1. The van der Waals surface area contributed by atoms with Crippen molar-refractivity contribution in [2.45, 2.75) is 51.6 Å². The van der Waals surface area contributed by atoms with Gasteiger partial charge in [-0.05, 0) is 33.7 Å². The fourth-order valence-corrected chi connectivity index (χ4v) is 2.31. The molecule has 6 heteroatoms. The molecule has 1 heterocycles. The van der Waals surface area contributed by atoms with E-state index in [1.54, 1.807) is 0 Å². The maximum absolute atomic E-state index is 12.2. The van der Waals surface area contributed by atoms with Crippen molar-refractivity contribution >= 4 is 12.0 Å². The Morgan fingerprint density at radius 1 is 1.35 bits per heavy atom. The Bertz CT molecular complexity index is 334. The van der Waals surface area contributed by atoms with E-state index in [9.17, 15) is 14.7 Å². The van der Waals surface area contributed by atoms with Crippen molar-refractivity contribution < 1.29 is 14.7 Å². The lowest BCUT2D eigenvalue weighted by molar-refractivity contribution is -0.142. The monoisotopic (exact) mass is 285 g/mol. The van der Waals surface area contributed by atoms with Gasteiger partial charge >= 0.3 is 12.0 Å². The van der Waals surface area contributed by atoms with Gasteiger partial charge in [-0.3, -0.25) is 0 Å². The van der Waals surface area contributed by atoms with Crippen molar-refractivity contribution in [1.29, 1.82) is 0 Å². The third-order valence-electron chi connectivity index (χ3n) is 3.92. The zero-order valence-electron chi connectivity index (χ0n) is 12.8. The Kier molecular flexibility index (Phi) is 6.78. The van der Waals surface area contributed by atoms with Gasteiger partial charge in [0.05, 0.1) is 0 Å². The van der Waals surface area contributed by atoms with E-state index in [1.807, 2.05) is 7.05 Å². The lowest BCUT2D eigenvalue weighted by Crippen LogP contribution is -2.50. The molecular weight excluding hydrogens is 258 g/mol. The molecule has 6 nitrogen and oxygen atoms in total. The van der Waals surface area contributed by atoms with Gasteiger partial charge in [0, 0.05) is 25.7 Å². The molecule has 1 rings (SSSR count). The van der Waals surface area contributed by atoms with Crippen molar-refractivity contribution in [3.63, 3.8) is 0 Å². The van der Waals surface area contributed by atoms with Crippen molar-refractivity contribution in [1.82, 2.24) is 15.1 Å². The van der Waals surface area contributed by atoms with Crippen LogP contribution in [0.4, 0.5) is 4.79 Å². The molecule has 2 N–H and O–H groups in total. The average Bonchev–Trinajstić information content (AvgIpc) is 2.63. The molecule has 1 atom stereocenters. The van der Waals surface area contributed by atoms with E-state index in [2.05, 4.69) is 24.1 Å². The maximum Gasteiger partial charge on any atom is 0.326 e. The second-order valence-electron chi connectivity index (χ2n) is 5.70. The Morgan fingerprint density at radius 2 is 2.05 bits per heavy atom. The Hall–Kier alpha value is -1.30. The molecule has 0 aliphatic carbocycles. The summed E-state index contributed by atoms with van der Waals surface area (Å²) in [6.07, 6.45) is 3.29. The van der Waals surface area contributed by atoms with Crippen LogP contribution in [-0.4, -0.2) is 65.7 Å². The highest BCUT2D eigenvalue weighted by Crippen LogP contribution is 2.17. The van der Waals surface area contributed by atoms with E-state index in [-0.39, 0.29) is 6.03 Å². The number of aliphatic carboxylic acids is 1. The summed E-state index contributed by atoms with van der Waals surface area (Å²) in [5.41, 5.74) is 0. The fraction of sp³-hybridized carbons (Fsp3) is 0.857. The third-order valence-corrected chi connectivity index (χ3v) is 3.92. The predicted octanol–water partition coefficient (Wildman–Crippen LogP) is 1.37. The minimum Gasteiger partial charge on any atom is -0.480 e. The number of carboxylic acid groups (broad SMARTS) is 1. The van der Waals surface area contributed by atoms with Crippen LogP contribution in [0.25, 0.3) is 0 Å². The lowest BCUT2D eigenvalue weighted by Gasteiger charge is -2.28. The number of amides is 2. The summed E-state index contributed by atoms with van der Waals surface area (Å²) in [5, 5.41) is 12.1. The number of hydrogen-bond acceptors (Lipinski definition) is 3. The van der Waals surface area contributed by atoms with Gasteiger partial charge < -0.3 is 20.2 Å². The van der Waals surface area contributed by atoms with Crippen LogP contribution >= 0.6 is 0 Å². The Balaban J connectivity index is 2.48. The lowest BCUT2D eigenvalue weighted by atomic mass is 10.1. The highest BCUT2D eigenvalue weighted by atomic mass is 16.4. The summed E-state index contributed by atoms with van der Waals surface area (Å²) in [4.78, 5) is 27.0. The van der Waals surface area contributed by atoms with Crippen molar-refractivity contribution in [3.8, 4) is 0 Å². The number of nitrogens with one attached hydrogen (secondary N) is 1. The van der Waals surface area contributed by atoms with Crippen molar-refractivity contribution in [2.24, 2.45) is 0 Å². The number of carboxylic acids is 1. The highest BCUT2D eigenvalue weighted by Gasteiger charge is 2.30. The van der Waals surface area contributed by atoms with Gasteiger partial charge in [-0.25, -0.2) is 9.59 Å². The van der Waals surface area contributed by atoms with E-state index in [0.29, 0.717) is 25.6 Å². The van der Waals surface area contributed by atoms with Gasteiger partial charge in [-0.15, -0.1) is 0 Å². The number of rotatable bonds is 5. The minimum atomic E-state index is -0.902. The molecule has 0 aromatic carbocycles. The van der Waals surface area contributed by atoms with Crippen LogP contribution in [0.5, 0.6) is 0 Å². The van der Waals surface area contributed by atoms with E-state index in [0.717, 1.165) is 25.8 Å². The summed E-state index contributed by atoms with van der Waals surface area (Å²) in [7, 11) is 2.00. The van der Waals surface area contributed by atoms with Crippen LogP contribution in [0.1, 0.15) is 39.5 Å². The first-order chi connectivity index (χ1) is 9.43. The van der Waals surface area contributed by atoms with Gasteiger partial charge in [-0.1, -0.05) is 12.8 Å². The standard InChI is InChI=1S/C14H27N3O3/c1-11(2)16(3)10-8-15-14(20)17-9-6-4-5-7-12(17)13(18)19/h11-12H,4-10H2,1-3H3,(H,15,20)(H,18,19). The van der Waals surface area contributed by atoms with Gasteiger partial charge in [0.1, 0.15) is 6.04 Å².